The smallest absolute Gasteiger partial charge is 0.254 e. The number of piperazine rings is 1. The van der Waals surface area contributed by atoms with Crippen molar-refractivity contribution in [1.82, 2.24) is 29.8 Å². The highest BCUT2D eigenvalue weighted by Crippen LogP contribution is 2.32. The van der Waals surface area contributed by atoms with Crippen molar-refractivity contribution in [2.75, 3.05) is 31.1 Å². The van der Waals surface area contributed by atoms with Gasteiger partial charge in [0.15, 0.2) is 5.82 Å². The zero-order chi connectivity index (χ0) is 21.5. The molecule has 6 rings (SSSR count). The summed E-state index contributed by atoms with van der Waals surface area (Å²) in [5, 5.41) is 0. The Morgan fingerprint density at radius 3 is 2.78 bits per heavy atom. The average Bonchev–Trinajstić information content (AvgIpc) is 3.52. The summed E-state index contributed by atoms with van der Waals surface area (Å²) in [5.74, 6) is 1.82. The largest absolute Gasteiger partial charge is 0.353 e. The molecule has 1 fully saturated rings. The molecule has 1 aliphatic heterocycles. The summed E-state index contributed by atoms with van der Waals surface area (Å²) in [7, 11) is 0. The molecule has 0 unspecified atom stereocenters. The Labute approximate surface area is 185 Å². The average molecular weight is 425 g/mol. The first kappa shape index (κ1) is 18.9. The summed E-state index contributed by atoms with van der Waals surface area (Å²) in [5.41, 5.74) is 5.80. The van der Waals surface area contributed by atoms with Gasteiger partial charge < -0.3 is 14.8 Å². The first-order valence-electron chi connectivity index (χ1n) is 11.0. The fourth-order valence-electron chi connectivity index (χ4n) is 4.67. The van der Waals surface area contributed by atoms with E-state index in [9.17, 15) is 4.79 Å². The van der Waals surface area contributed by atoms with Crippen molar-refractivity contribution < 1.29 is 4.79 Å². The minimum atomic E-state index is 0.0603. The van der Waals surface area contributed by atoms with E-state index in [0.717, 1.165) is 66.3 Å². The number of hydrogen-bond donors (Lipinski definition) is 1. The van der Waals surface area contributed by atoms with E-state index in [1.165, 1.54) is 5.56 Å². The molecular weight excluding hydrogens is 402 g/mol. The summed E-state index contributed by atoms with van der Waals surface area (Å²) in [6.07, 6.45) is 8.35. The van der Waals surface area contributed by atoms with E-state index in [1.807, 2.05) is 41.4 Å². The van der Waals surface area contributed by atoms with Gasteiger partial charge in [-0.2, -0.15) is 0 Å². The van der Waals surface area contributed by atoms with Gasteiger partial charge in [0.05, 0.1) is 17.4 Å². The number of nitrogens with zero attached hydrogens (tertiary/aromatic N) is 6. The van der Waals surface area contributed by atoms with E-state index in [0.29, 0.717) is 18.7 Å². The lowest BCUT2D eigenvalue weighted by atomic mass is 10.1. The Kier molecular flexibility index (Phi) is 4.56. The number of aromatic nitrogens is 5. The number of amides is 1. The SMILES string of the molecule is O=C(c1ccc2nc[nH]c2c1)N1CCN(c2nc(-c3cccnc3)nc3c2CCC3)CC1. The molecule has 0 atom stereocenters. The molecule has 160 valence electrons. The molecule has 1 aromatic carbocycles. The normalized spacial score (nSPS) is 15.9. The monoisotopic (exact) mass is 425 g/mol. The zero-order valence-electron chi connectivity index (χ0n) is 17.7. The molecule has 8 heteroatoms. The molecule has 0 bridgehead atoms. The molecule has 0 spiro atoms. The van der Waals surface area contributed by atoms with Crippen LogP contribution in [0.15, 0.2) is 49.1 Å². The fraction of sp³-hybridized carbons (Fsp3) is 0.292. The molecule has 1 amide bonds. The van der Waals surface area contributed by atoms with Crippen LogP contribution in [0.1, 0.15) is 28.0 Å². The van der Waals surface area contributed by atoms with Gasteiger partial charge in [-0.25, -0.2) is 15.0 Å². The predicted octanol–water partition coefficient (Wildman–Crippen LogP) is 2.87. The van der Waals surface area contributed by atoms with Crippen molar-refractivity contribution in [3.63, 3.8) is 0 Å². The number of anilines is 1. The Balaban J connectivity index is 1.23. The molecule has 0 radical (unpaired) electrons. The second-order valence-corrected chi connectivity index (χ2v) is 8.31. The van der Waals surface area contributed by atoms with Gasteiger partial charge in [-0.05, 0) is 49.6 Å². The maximum absolute atomic E-state index is 13.1. The highest BCUT2D eigenvalue weighted by atomic mass is 16.2. The number of imidazole rings is 1. The van der Waals surface area contributed by atoms with Gasteiger partial charge in [0.25, 0.3) is 5.91 Å². The number of aryl methyl sites for hydroxylation is 1. The number of fused-ring (bicyclic) bond motifs is 2. The molecule has 1 saturated heterocycles. The summed E-state index contributed by atoms with van der Waals surface area (Å²) in [6, 6.07) is 9.54. The molecular formula is C24H23N7O. The summed E-state index contributed by atoms with van der Waals surface area (Å²) >= 11 is 0. The number of carbonyl (C=O) groups excluding carboxylic acids is 1. The molecule has 0 saturated carbocycles. The van der Waals surface area contributed by atoms with E-state index in [2.05, 4.69) is 19.9 Å². The van der Waals surface area contributed by atoms with Gasteiger partial charge in [-0.15, -0.1) is 0 Å². The number of aromatic amines is 1. The minimum absolute atomic E-state index is 0.0603. The molecule has 1 aliphatic carbocycles. The Morgan fingerprint density at radius 2 is 1.94 bits per heavy atom. The lowest BCUT2D eigenvalue weighted by molar-refractivity contribution is 0.0746. The Bertz CT molecular complexity index is 1290. The van der Waals surface area contributed by atoms with Crippen molar-refractivity contribution in [2.45, 2.75) is 19.3 Å². The van der Waals surface area contributed by atoms with Gasteiger partial charge in [0, 0.05) is 61.0 Å². The van der Waals surface area contributed by atoms with Gasteiger partial charge in [-0.3, -0.25) is 9.78 Å². The first-order valence-corrected chi connectivity index (χ1v) is 11.0. The predicted molar refractivity (Wildman–Crippen MR) is 121 cm³/mol. The highest BCUT2D eigenvalue weighted by molar-refractivity contribution is 5.97. The molecule has 3 aromatic heterocycles. The lowest BCUT2D eigenvalue weighted by Gasteiger charge is -2.36. The van der Waals surface area contributed by atoms with Crippen LogP contribution >= 0.6 is 0 Å². The number of hydrogen-bond acceptors (Lipinski definition) is 6. The standard InChI is InChI=1S/C24H23N7O/c32-24(16-6-7-20-21(13-16)27-15-26-20)31-11-9-30(10-12-31)23-18-4-1-5-19(18)28-22(29-23)17-3-2-8-25-14-17/h2-3,6-8,13-15H,1,4-5,9-12H2,(H,26,27). The maximum atomic E-state index is 13.1. The second-order valence-electron chi connectivity index (χ2n) is 8.31. The molecule has 32 heavy (non-hydrogen) atoms. The Hall–Kier alpha value is -3.81. The number of carbonyl (C=O) groups is 1. The van der Waals surface area contributed by atoms with Crippen LogP contribution in [0.4, 0.5) is 5.82 Å². The number of benzene rings is 1. The quantitative estimate of drug-likeness (QED) is 0.543. The minimum Gasteiger partial charge on any atom is -0.353 e. The van der Waals surface area contributed by atoms with Crippen LogP contribution in [-0.2, 0) is 12.8 Å². The van der Waals surface area contributed by atoms with Crippen LogP contribution < -0.4 is 4.90 Å². The lowest BCUT2D eigenvalue weighted by Crippen LogP contribution is -2.49. The van der Waals surface area contributed by atoms with Crippen LogP contribution in [0.5, 0.6) is 0 Å². The third-order valence-electron chi connectivity index (χ3n) is 6.36. The third-order valence-corrected chi connectivity index (χ3v) is 6.36. The van der Waals surface area contributed by atoms with E-state index < -0.39 is 0 Å². The summed E-state index contributed by atoms with van der Waals surface area (Å²) in [6.45, 7) is 2.85. The molecule has 1 N–H and O–H groups in total. The van der Waals surface area contributed by atoms with E-state index in [4.69, 9.17) is 9.97 Å². The van der Waals surface area contributed by atoms with Crippen molar-refractivity contribution in [1.29, 1.82) is 0 Å². The number of rotatable bonds is 3. The fourth-order valence-corrected chi connectivity index (χ4v) is 4.67. The third kappa shape index (κ3) is 3.28. The summed E-state index contributed by atoms with van der Waals surface area (Å²) < 4.78 is 0. The van der Waals surface area contributed by atoms with E-state index in [1.54, 1.807) is 12.5 Å². The van der Waals surface area contributed by atoms with Gasteiger partial charge in [0.2, 0.25) is 0 Å². The molecule has 4 heterocycles. The van der Waals surface area contributed by atoms with Crippen molar-refractivity contribution in [3.8, 4) is 11.4 Å². The van der Waals surface area contributed by atoms with E-state index in [-0.39, 0.29) is 5.91 Å². The zero-order valence-corrected chi connectivity index (χ0v) is 17.7. The van der Waals surface area contributed by atoms with Crippen LogP contribution in [-0.4, -0.2) is 61.9 Å². The van der Waals surface area contributed by atoms with Crippen LogP contribution in [0.3, 0.4) is 0 Å². The van der Waals surface area contributed by atoms with E-state index >= 15 is 0 Å². The number of H-pyrrole nitrogens is 1. The molecule has 2 aliphatic rings. The molecule has 4 aromatic rings. The topological polar surface area (TPSA) is 90.9 Å². The van der Waals surface area contributed by atoms with Crippen LogP contribution in [0.25, 0.3) is 22.4 Å². The Morgan fingerprint density at radius 1 is 1.03 bits per heavy atom. The number of pyridine rings is 1. The first-order chi connectivity index (χ1) is 15.8. The van der Waals surface area contributed by atoms with Crippen molar-refractivity contribution in [3.05, 3.63) is 65.9 Å². The van der Waals surface area contributed by atoms with Gasteiger partial charge in [-0.1, -0.05) is 0 Å². The molecule has 8 nitrogen and oxygen atoms in total. The number of nitrogens with one attached hydrogen (secondary N) is 1. The van der Waals surface area contributed by atoms with Gasteiger partial charge >= 0.3 is 0 Å². The highest BCUT2D eigenvalue weighted by Gasteiger charge is 2.28. The maximum Gasteiger partial charge on any atom is 0.254 e. The second kappa shape index (κ2) is 7.71. The van der Waals surface area contributed by atoms with Gasteiger partial charge in [0.1, 0.15) is 5.82 Å². The van der Waals surface area contributed by atoms with Crippen molar-refractivity contribution in [2.24, 2.45) is 0 Å². The van der Waals surface area contributed by atoms with Crippen LogP contribution in [0, 0.1) is 0 Å². The summed E-state index contributed by atoms with van der Waals surface area (Å²) in [4.78, 5) is 38.6. The van der Waals surface area contributed by atoms with Crippen molar-refractivity contribution >= 4 is 22.8 Å². The van der Waals surface area contributed by atoms with Crippen LogP contribution in [0.2, 0.25) is 0 Å².